The van der Waals surface area contributed by atoms with Crippen molar-refractivity contribution in [2.24, 2.45) is 0 Å². The van der Waals surface area contributed by atoms with Crippen molar-refractivity contribution in [3.05, 3.63) is 53.3 Å². The van der Waals surface area contributed by atoms with Gasteiger partial charge in [0, 0.05) is 38.1 Å². The summed E-state index contributed by atoms with van der Waals surface area (Å²) in [6.07, 6.45) is 1.60. The highest BCUT2D eigenvalue weighted by Crippen LogP contribution is 2.44. The molecular formula is C23H24FNO5. The van der Waals surface area contributed by atoms with Gasteiger partial charge >= 0.3 is 0 Å². The Kier molecular flexibility index (Phi) is 5.37. The number of nitrogens with zero attached hydrogens (tertiary/aromatic N) is 1. The van der Waals surface area contributed by atoms with Crippen LogP contribution in [0.1, 0.15) is 35.2 Å². The van der Waals surface area contributed by atoms with Gasteiger partial charge in [-0.15, -0.1) is 0 Å². The van der Waals surface area contributed by atoms with Crippen LogP contribution >= 0.6 is 0 Å². The topological polar surface area (TPSA) is 65.1 Å². The molecule has 2 aromatic rings. The van der Waals surface area contributed by atoms with E-state index in [0.717, 1.165) is 5.56 Å². The van der Waals surface area contributed by atoms with Gasteiger partial charge in [0.05, 0.1) is 27.1 Å². The minimum atomic E-state index is -0.631. The molecule has 1 saturated heterocycles. The molecule has 1 fully saturated rings. The van der Waals surface area contributed by atoms with Crippen LogP contribution in [0.15, 0.2) is 36.4 Å². The van der Waals surface area contributed by atoms with Crippen molar-refractivity contribution in [3.63, 3.8) is 0 Å². The summed E-state index contributed by atoms with van der Waals surface area (Å²) < 4.78 is 30.0. The highest BCUT2D eigenvalue weighted by molar-refractivity contribution is 6.03. The van der Waals surface area contributed by atoms with E-state index in [4.69, 9.17) is 14.2 Å². The smallest absolute Gasteiger partial charge is 0.226 e. The number of likely N-dealkylation sites (tertiary alicyclic amines) is 1. The summed E-state index contributed by atoms with van der Waals surface area (Å²) in [6, 6.07) is 9.35. The normalized spacial score (nSPS) is 17.3. The zero-order valence-electron chi connectivity index (χ0n) is 17.1. The maximum Gasteiger partial charge on any atom is 0.226 e. The number of hydrogen-bond acceptors (Lipinski definition) is 5. The first-order valence-electron chi connectivity index (χ1n) is 9.93. The zero-order chi connectivity index (χ0) is 21.3. The molecular weight excluding hydrogens is 389 g/mol. The van der Waals surface area contributed by atoms with Gasteiger partial charge in [-0.05, 0) is 17.7 Å². The predicted octanol–water partition coefficient (Wildman–Crippen LogP) is 3.41. The Morgan fingerprint density at radius 2 is 1.83 bits per heavy atom. The number of methoxy groups -OCH3 is 2. The molecule has 1 amide bonds. The second-order valence-electron chi connectivity index (χ2n) is 7.77. The summed E-state index contributed by atoms with van der Waals surface area (Å²) in [6.45, 7) is 1.01. The first-order valence-corrected chi connectivity index (χ1v) is 9.93. The van der Waals surface area contributed by atoms with E-state index in [-0.39, 0.29) is 30.3 Å². The Bertz CT molecular complexity index is 964. The molecule has 0 aliphatic carbocycles. The molecule has 6 nitrogen and oxygen atoms in total. The average Bonchev–Trinajstić information content (AvgIpc) is 2.74. The Morgan fingerprint density at radius 3 is 2.47 bits per heavy atom. The van der Waals surface area contributed by atoms with Crippen molar-refractivity contribution in [2.75, 3.05) is 27.3 Å². The molecule has 7 heteroatoms. The lowest BCUT2D eigenvalue weighted by Gasteiger charge is -2.44. The Labute approximate surface area is 174 Å². The van der Waals surface area contributed by atoms with Crippen LogP contribution in [0.25, 0.3) is 0 Å². The quantitative estimate of drug-likeness (QED) is 0.769. The zero-order valence-corrected chi connectivity index (χ0v) is 17.1. The third kappa shape index (κ3) is 3.84. The van der Waals surface area contributed by atoms with Gasteiger partial charge in [-0.3, -0.25) is 9.59 Å². The van der Waals surface area contributed by atoms with Crippen LogP contribution < -0.4 is 14.2 Å². The summed E-state index contributed by atoms with van der Waals surface area (Å²) in [4.78, 5) is 27.3. The largest absolute Gasteiger partial charge is 0.496 e. The first kappa shape index (κ1) is 20.2. The monoisotopic (exact) mass is 413 g/mol. The fraction of sp³-hybridized carbons (Fsp3) is 0.391. The van der Waals surface area contributed by atoms with E-state index in [9.17, 15) is 14.0 Å². The maximum atomic E-state index is 13.1. The molecule has 30 heavy (non-hydrogen) atoms. The number of carbonyl (C=O) groups is 2. The molecule has 4 rings (SSSR count). The third-order valence-electron chi connectivity index (χ3n) is 5.88. The van der Waals surface area contributed by atoms with Crippen molar-refractivity contribution in [2.45, 2.75) is 31.3 Å². The number of rotatable bonds is 4. The Morgan fingerprint density at radius 1 is 1.13 bits per heavy atom. The van der Waals surface area contributed by atoms with Crippen molar-refractivity contribution in [1.29, 1.82) is 0 Å². The number of hydrogen-bond donors (Lipinski definition) is 0. The molecule has 158 valence electrons. The van der Waals surface area contributed by atoms with Gasteiger partial charge in [0.15, 0.2) is 5.78 Å². The predicted molar refractivity (Wildman–Crippen MR) is 108 cm³/mol. The molecule has 2 aliphatic heterocycles. The summed E-state index contributed by atoms with van der Waals surface area (Å²) in [5, 5.41) is 0. The fourth-order valence-electron chi connectivity index (χ4n) is 4.18. The lowest BCUT2D eigenvalue weighted by molar-refractivity contribution is -0.134. The number of ketones is 1. The van der Waals surface area contributed by atoms with Gasteiger partial charge in [-0.1, -0.05) is 12.1 Å². The lowest BCUT2D eigenvalue weighted by Crippen LogP contribution is -2.52. The minimum absolute atomic E-state index is 0.0117. The van der Waals surface area contributed by atoms with Gasteiger partial charge in [0.25, 0.3) is 0 Å². The second-order valence-corrected chi connectivity index (χ2v) is 7.77. The highest BCUT2D eigenvalue weighted by Gasteiger charge is 2.44. The second kappa shape index (κ2) is 7.97. The van der Waals surface area contributed by atoms with Gasteiger partial charge in [-0.2, -0.15) is 0 Å². The van der Waals surface area contributed by atoms with Gasteiger partial charge < -0.3 is 19.1 Å². The van der Waals surface area contributed by atoms with Gasteiger partial charge in [0.1, 0.15) is 34.2 Å². The molecule has 0 unspecified atom stereocenters. The van der Waals surface area contributed by atoms with Crippen molar-refractivity contribution >= 4 is 11.7 Å². The summed E-state index contributed by atoms with van der Waals surface area (Å²) >= 11 is 0. The highest BCUT2D eigenvalue weighted by atomic mass is 19.1. The van der Waals surface area contributed by atoms with Gasteiger partial charge in [0.2, 0.25) is 5.91 Å². The van der Waals surface area contributed by atoms with Crippen LogP contribution in [0.3, 0.4) is 0 Å². The molecule has 0 radical (unpaired) electrons. The van der Waals surface area contributed by atoms with Crippen molar-refractivity contribution < 1.29 is 28.2 Å². The minimum Gasteiger partial charge on any atom is -0.496 e. The molecule has 0 bridgehead atoms. The fourth-order valence-corrected chi connectivity index (χ4v) is 4.18. The van der Waals surface area contributed by atoms with Crippen LogP contribution in [0.2, 0.25) is 0 Å². The van der Waals surface area contributed by atoms with E-state index in [1.807, 2.05) is 0 Å². The number of halogens is 1. The van der Waals surface area contributed by atoms with Crippen molar-refractivity contribution in [1.82, 2.24) is 4.90 Å². The van der Waals surface area contributed by atoms with Gasteiger partial charge in [-0.25, -0.2) is 4.39 Å². The average molecular weight is 413 g/mol. The van der Waals surface area contributed by atoms with E-state index in [1.54, 1.807) is 36.3 Å². The Balaban J connectivity index is 1.46. The SMILES string of the molecule is COc1cc(OC)c2c(c1)OC1(CCN(C(=O)Cc3ccc(F)cc3)CC1)CC2=O. The number of ether oxygens (including phenoxy) is 3. The van der Waals surface area contributed by atoms with E-state index in [2.05, 4.69) is 0 Å². The van der Waals surface area contributed by atoms with Crippen LogP contribution in [0.4, 0.5) is 4.39 Å². The summed E-state index contributed by atoms with van der Waals surface area (Å²) in [5.41, 5.74) is 0.589. The van der Waals surface area contributed by atoms with Crippen LogP contribution in [-0.2, 0) is 11.2 Å². The number of fused-ring (bicyclic) bond motifs is 1. The molecule has 0 saturated carbocycles. The number of carbonyl (C=O) groups excluding carboxylic acids is 2. The number of Topliss-reactive ketones (excluding diaryl/α,β-unsaturated/α-hetero) is 1. The molecule has 2 heterocycles. The van der Waals surface area contributed by atoms with Crippen LogP contribution in [0.5, 0.6) is 17.2 Å². The van der Waals surface area contributed by atoms with E-state index in [0.29, 0.717) is 48.7 Å². The van der Waals surface area contributed by atoms with Crippen LogP contribution in [0, 0.1) is 5.82 Å². The number of benzene rings is 2. The molecule has 0 atom stereocenters. The molecule has 0 N–H and O–H groups in total. The molecule has 2 aliphatic rings. The maximum absolute atomic E-state index is 13.1. The van der Waals surface area contributed by atoms with E-state index in [1.165, 1.54) is 19.2 Å². The van der Waals surface area contributed by atoms with E-state index < -0.39 is 5.60 Å². The molecule has 0 aromatic heterocycles. The molecule has 1 spiro atoms. The van der Waals surface area contributed by atoms with E-state index >= 15 is 0 Å². The number of amides is 1. The Hall–Kier alpha value is -3.09. The van der Waals surface area contributed by atoms with Crippen molar-refractivity contribution in [3.8, 4) is 17.2 Å². The lowest BCUT2D eigenvalue weighted by atomic mass is 9.82. The number of piperidine rings is 1. The standard InChI is InChI=1S/C23H24FNO5/c1-28-17-12-19(29-2)22-18(26)14-23(30-20(22)13-17)7-9-25(10-8-23)21(27)11-15-3-5-16(24)6-4-15/h3-6,12-13H,7-11,14H2,1-2H3. The third-order valence-corrected chi connectivity index (χ3v) is 5.88. The first-order chi connectivity index (χ1) is 14.4. The van der Waals surface area contributed by atoms with Crippen LogP contribution in [-0.4, -0.2) is 49.5 Å². The summed E-state index contributed by atoms with van der Waals surface area (Å²) in [5.74, 6) is 1.11. The molecule has 2 aromatic carbocycles. The summed E-state index contributed by atoms with van der Waals surface area (Å²) in [7, 11) is 3.06.